The van der Waals surface area contributed by atoms with E-state index in [0.717, 1.165) is 41.1 Å². The number of aromatic nitrogens is 5. The lowest BCUT2D eigenvalue weighted by Gasteiger charge is -2.38. The van der Waals surface area contributed by atoms with Crippen LogP contribution in [-0.4, -0.2) is 47.7 Å². The number of fused-ring (bicyclic) bond motifs is 3. The number of thiophene rings is 1. The molecule has 5 heterocycles. The molecule has 1 aliphatic carbocycles. The second-order valence-corrected chi connectivity index (χ2v) is 15.1. The summed E-state index contributed by atoms with van der Waals surface area (Å²) in [4.78, 5) is 20.1. The molecule has 252 valence electrons. The lowest BCUT2D eigenvalue weighted by molar-refractivity contribution is 0.00865. The first-order valence-electron chi connectivity index (χ1n) is 16.4. The summed E-state index contributed by atoms with van der Waals surface area (Å²) < 4.78 is 57.0. The zero-order valence-electron chi connectivity index (χ0n) is 28.0. The van der Waals surface area contributed by atoms with Crippen molar-refractivity contribution in [3.05, 3.63) is 76.7 Å². The van der Waals surface area contributed by atoms with Crippen molar-refractivity contribution in [2.45, 2.75) is 71.1 Å². The average molecular weight is 685 g/mol. The summed E-state index contributed by atoms with van der Waals surface area (Å²) in [6.45, 7) is 9.69. The van der Waals surface area contributed by atoms with Crippen LogP contribution in [0.4, 0.5) is 18.0 Å². The topological polar surface area (TPSA) is 78.1 Å². The first-order valence-corrected chi connectivity index (χ1v) is 17.3. The minimum atomic E-state index is -0.777. The number of amides is 1. The highest BCUT2D eigenvalue weighted by Crippen LogP contribution is 2.51. The van der Waals surface area contributed by atoms with Crippen LogP contribution in [0.1, 0.15) is 76.7 Å². The van der Waals surface area contributed by atoms with Crippen LogP contribution in [0, 0.1) is 17.5 Å². The first kappa shape index (κ1) is 31.6. The van der Waals surface area contributed by atoms with Gasteiger partial charge < -0.3 is 4.74 Å². The molecule has 49 heavy (non-hydrogen) atoms. The van der Waals surface area contributed by atoms with Gasteiger partial charge >= 0.3 is 6.09 Å². The Morgan fingerprint density at radius 2 is 1.76 bits per heavy atom. The van der Waals surface area contributed by atoms with Crippen molar-refractivity contribution in [3.8, 4) is 33.8 Å². The molecule has 12 heteroatoms. The molecule has 4 aromatic heterocycles. The molecule has 0 unspecified atom stereocenters. The summed E-state index contributed by atoms with van der Waals surface area (Å²) in [5.74, 6) is -2.02. The quantitative estimate of drug-likeness (QED) is 0.185. The fourth-order valence-corrected chi connectivity index (χ4v) is 7.92. The van der Waals surface area contributed by atoms with E-state index in [2.05, 4.69) is 5.10 Å². The molecule has 8 rings (SSSR count). The molecule has 2 aliphatic rings. The lowest BCUT2D eigenvalue weighted by Crippen LogP contribution is -2.45. The Morgan fingerprint density at radius 1 is 0.980 bits per heavy atom. The van der Waals surface area contributed by atoms with Gasteiger partial charge in [-0.1, -0.05) is 12.1 Å². The molecular formula is C37H35F3N6O2S. The summed E-state index contributed by atoms with van der Waals surface area (Å²) in [5, 5.41) is 12.1. The van der Waals surface area contributed by atoms with Crippen molar-refractivity contribution >= 4 is 38.4 Å². The third-order valence-electron chi connectivity index (χ3n) is 9.33. The number of carbonyl (C=O) groups excluding carboxylic acids is 1. The Balaban J connectivity index is 1.39. The number of halogens is 3. The van der Waals surface area contributed by atoms with E-state index in [-0.39, 0.29) is 34.2 Å². The lowest BCUT2D eigenvalue weighted by atomic mass is 9.90. The van der Waals surface area contributed by atoms with Crippen LogP contribution < -0.4 is 0 Å². The Hall–Kier alpha value is -4.71. The highest BCUT2D eigenvalue weighted by molar-refractivity contribution is 7.17. The van der Waals surface area contributed by atoms with Crippen LogP contribution in [0.15, 0.2) is 48.0 Å². The predicted octanol–water partition coefficient (Wildman–Crippen LogP) is 9.55. The standard InChI is InChI=1S/C37H35F3N6O2S/c1-18-15-45(36(47)48-37(3,4)5)19(2)29-14-28(43-46(18)29)34-32(30-24(20-7-8-20)12-23(38)13-25(30)39)31-26(40)17-49-35(31)33(41-34)21-9-10-22-16-44(6)42-27(22)11-21/h9-14,16-20H,7-8,15H2,1-6H3/t18-,19+/m0/s1. The molecule has 6 aromatic rings. The summed E-state index contributed by atoms with van der Waals surface area (Å²) in [7, 11) is 1.85. The van der Waals surface area contributed by atoms with Crippen LogP contribution in [0.2, 0.25) is 0 Å². The molecule has 1 saturated carbocycles. The number of nitrogens with zero attached hydrogens (tertiary/aromatic N) is 6. The molecule has 0 N–H and O–H groups in total. The molecule has 8 nitrogen and oxygen atoms in total. The second kappa shape index (κ2) is 11.2. The molecule has 0 spiro atoms. The van der Waals surface area contributed by atoms with Crippen LogP contribution in [0.3, 0.4) is 0 Å². The van der Waals surface area contributed by atoms with E-state index in [4.69, 9.17) is 14.8 Å². The summed E-state index contributed by atoms with van der Waals surface area (Å²) in [6, 6.07) is 9.18. The Labute approximate surface area is 285 Å². The molecule has 0 saturated heterocycles. The fourth-order valence-electron chi connectivity index (χ4n) is 6.99. The van der Waals surface area contributed by atoms with Crippen molar-refractivity contribution in [1.29, 1.82) is 0 Å². The summed E-state index contributed by atoms with van der Waals surface area (Å²) in [5.41, 5.74) is 3.59. The van der Waals surface area contributed by atoms with E-state index in [9.17, 15) is 9.18 Å². The van der Waals surface area contributed by atoms with E-state index in [1.54, 1.807) is 9.58 Å². The molecule has 1 amide bonds. The van der Waals surface area contributed by atoms with Gasteiger partial charge in [0.2, 0.25) is 0 Å². The van der Waals surface area contributed by atoms with Crippen molar-refractivity contribution in [1.82, 2.24) is 29.4 Å². The first-order chi connectivity index (χ1) is 23.3. The maximum Gasteiger partial charge on any atom is 0.410 e. The van der Waals surface area contributed by atoms with Crippen LogP contribution in [-0.2, 0) is 11.8 Å². The third-order valence-corrected chi connectivity index (χ3v) is 10.3. The Kier molecular flexibility index (Phi) is 7.19. The number of hydrogen-bond donors (Lipinski definition) is 0. The van der Waals surface area contributed by atoms with Gasteiger partial charge in [-0.25, -0.2) is 22.9 Å². The highest BCUT2D eigenvalue weighted by atomic mass is 32.1. The monoisotopic (exact) mass is 684 g/mol. The largest absolute Gasteiger partial charge is 0.444 e. The SMILES string of the molecule is C[C@@H]1c2cc(-c3nc(-c4ccc5cn(C)nc5c4)c4scc(F)c4c3-c3c(F)cc(F)cc3C3CC3)nn2[C@@H](C)CN1C(=O)OC(C)(C)C. The maximum atomic E-state index is 16.2. The van der Waals surface area contributed by atoms with Gasteiger partial charge in [-0.2, -0.15) is 10.2 Å². The van der Waals surface area contributed by atoms with Gasteiger partial charge in [0.25, 0.3) is 0 Å². The van der Waals surface area contributed by atoms with Crippen molar-refractivity contribution in [3.63, 3.8) is 0 Å². The van der Waals surface area contributed by atoms with Gasteiger partial charge in [0.05, 0.1) is 39.4 Å². The Bertz CT molecular complexity index is 2310. The molecule has 0 bridgehead atoms. The van der Waals surface area contributed by atoms with E-state index >= 15 is 8.78 Å². The average Bonchev–Trinajstić information content (AvgIpc) is 3.47. The smallest absolute Gasteiger partial charge is 0.410 e. The predicted molar refractivity (Wildman–Crippen MR) is 184 cm³/mol. The Morgan fingerprint density at radius 3 is 2.49 bits per heavy atom. The minimum Gasteiger partial charge on any atom is -0.444 e. The zero-order valence-corrected chi connectivity index (χ0v) is 28.8. The van der Waals surface area contributed by atoms with Crippen LogP contribution in [0.5, 0.6) is 0 Å². The van der Waals surface area contributed by atoms with Gasteiger partial charge in [0.15, 0.2) is 0 Å². The zero-order chi connectivity index (χ0) is 34.5. The van der Waals surface area contributed by atoms with E-state index in [1.165, 1.54) is 22.8 Å². The highest BCUT2D eigenvalue weighted by Gasteiger charge is 2.37. The van der Waals surface area contributed by atoms with Crippen LogP contribution >= 0.6 is 11.3 Å². The minimum absolute atomic E-state index is 0.0475. The van der Waals surface area contributed by atoms with Crippen molar-refractivity contribution in [2.75, 3.05) is 6.54 Å². The number of carbonyl (C=O) groups is 1. The number of hydrogen-bond acceptors (Lipinski definition) is 6. The second-order valence-electron chi connectivity index (χ2n) is 14.2. The molecule has 0 radical (unpaired) electrons. The molecule has 2 atom stereocenters. The van der Waals surface area contributed by atoms with Gasteiger partial charge in [-0.15, -0.1) is 11.3 Å². The number of pyridine rings is 1. The number of rotatable bonds is 4. The molecular weight excluding hydrogens is 650 g/mol. The normalized spacial score (nSPS) is 18.0. The van der Waals surface area contributed by atoms with Crippen molar-refractivity contribution in [2.24, 2.45) is 7.05 Å². The van der Waals surface area contributed by atoms with E-state index in [1.807, 2.05) is 76.8 Å². The summed E-state index contributed by atoms with van der Waals surface area (Å²) >= 11 is 1.19. The van der Waals surface area contributed by atoms with Gasteiger partial charge in [0, 0.05) is 58.7 Å². The van der Waals surface area contributed by atoms with Crippen molar-refractivity contribution < 1.29 is 22.7 Å². The van der Waals surface area contributed by atoms with Gasteiger partial charge in [0.1, 0.15) is 28.7 Å². The summed E-state index contributed by atoms with van der Waals surface area (Å²) in [6.07, 6.45) is 3.04. The molecule has 1 fully saturated rings. The molecule has 1 aliphatic heterocycles. The number of benzene rings is 2. The van der Waals surface area contributed by atoms with E-state index < -0.39 is 35.2 Å². The maximum absolute atomic E-state index is 16.2. The molecule has 2 aromatic carbocycles. The fraction of sp³-hybridized carbons (Fsp3) is 0.351. The van der Waals surface area contributed by atoms with E-state index in [0.29, 0.717) is 28.2 Å². The van der Waals surface area contributed by atoms with Gasteiger partial charge in [-0.3, -0.25) is 14.3 Å². The number of aryl methyl sites for hydroxylation is 1. The number of ether oxygens (including phenoxy) is 1. The third kappa shape index (κ3) is 5.36. The van der Waals surface area contributed by atoms with Gasteiger partial charge in [-0.05, 0) is 77.1 Å². The van der Waals surface area contributed by atoms with Crippen LogP contribution in [0.25, 0.3) is 54.8 Å².